The van der Waals surface area contributed by atoms with Gasteiger partial charge in [-0.15, -0.1) is 0 Å². The van der Waals surface area contributed by atoms with Crippen molar-refractivity contribution in [3.05, 3.63) is 59.1 Å². The number of nitrogens with zero attached hydrogens (tertiary/aromatic N) is 1. The largest absolute Gasteiger partial charge is 0.495 e. The number of halogens is 1. The highest BCUT2D eigenvalue weighted by atomic mass is 35.5. The van der Waals surface area contributed by atoms with Crippen LogP contribution >= 0.6 is 11.6 Å². The smallest absolute Gasteiger partial charge is 0.270 e. The van der Waals surface area contributed by atoms with Gasteiger partial charge < -0.3 is 20.2 Å². The van der Waals surface area contributed by atoms with Crippen LogP contribution in [0.15, 0.2) is 53.7 Å². The van der Waals surface area contributed by atoms with E-state index in [4.69, 9.17) is 21.2 Å². The molecular weight excluding hydrogens is 370 g/mol. The van der Waals surface area contributed by atoms with Gasteiger partial charge in [0.2, 0.25) is 0 Å². The zero-order valence-electron chi connectivity index (χ0n) is 14.8. The van der Waals surface area contributed by atoms with Crippen LogP contribution in [0.5, 0.6) is 5.75 Å². The second-order valence-corrected chi connectivity index (χ2v) is 5.86. The molecule has 0 aromatic heterocycles. The van der Waals surface area contributed by atoms with Gasteiger partial charge >= 0.3 is 0 Å². The van der Waals surface area contributed by atoms with Crippen molar-refractivity contribution < 1.29 is 19.2 Å². The van der Waals surface area contributed by atoms with Crippen LogP contribution in [0.25, 0.3) is 0 Å². The van der Waals surface area contributed by atoms with Crippen LogP contribution in [0.2, 0.25) is 5.02 Å². The first-order chi connectivity index (χ1) is 13.1. The van der Waals surface area contributed by atoms with Crippen LogP contribution in [0.3, 0.4) is 0 Å². The lowest BCUT2D eigenvalue weighted by Gasteiger charge is -2.08. The summed E-state index contributed by atoms with van der Waals surface area (Å²) in [5.74, 6) is -0.403. The molecule has 2 aromatic carbocycles. The van der Waals surface area contributed by atoms with E-state index in [1.165, 1.54) is 7.11 Å². The van der Waals surface area contributed by atoms with E-state index in [2.05, 4.69) is 15.8 Å². The van der Waals surface area contributed by atoms with Crippen molar-refractivity contribution in [2.75, 3.05) is 25.6 Å². The molecule has 2 aromatic rings. The second kappa shape index (κ2) is 10.8. The Balaban J connectivity index is 1.68. The Morgan fingerprint density at radius 1 is 1.19 bits per heavy atom. The van der Waals surface area contributed by atoms with E-state index in [9.17, 15) is 9.59 Å². The third-order valence-corrected chi connectivity index (χ3v) is 3.67. The minimum Gasteiger partial charge on any atom is -0.495 e. The minimum absolute atomic E-state index is 0.279. The van der Waals surface area contributed by atoms with Crippen LogP contribution in [-0.4, -0.2) is 38.3 Å². The maximum absolute atomic E-state index is 11.8. The van der Waals surface area contributed by atoms with Crippen LogP contribution in [0.1, 0.15) is 5.56 Å². The molecule has 0 radical (unpaired) electrons. The number of oxime groups is 1. The lowest BCUT2D eigenvalue weighted by Crippen LogP contribution is -2.29. The molecule has 2 rings (SSSR count). The first kappa shape index (κ1) is 20.3. The van der Waals surface area contributed by atoms with E-state index in [0.717, 1.165) is 18.2 Å². The molecular formula is C19H20ClN3O4. The molecule has 0 aliphatic heterocycles. The molecule has 7 nitrogen and oxygen atoms in total. The fourth-order valence-electron chi connectivity index (χ4n) is 2.17. The van der Waals surface area contributed by atoms with Crippen LogP contribution < -0.4 is 15.4 Å². The fourth-order valence-corrected chi connectivity index (χ4v) is 2.34. The molecule has 0 unspecified atom stereocenters. The van der Waals surface area contributed by atoms with Gasteiger partial charge in [-0.25, -0.2) is 0 Å². The Hall–Kier alpha value is -3.06. The molecule has 142 valence electrons. The summed E-state index contributed by atoms with van der Waals surface area (Å²) in [7, 11) is 1.48. The molecule has 0 aliphatic rings. The number of benzene rings is 2. The summed E-state index contributed by atoms with van der Waals surface area (Å²) in [5.41, 5.74) is 1.53. The first-order valence-corrected chi connectivity index (χ1v) is 8.57. The summed E-state index contributed by atoms with van der Waals surface area (Å²) >= 11 is 5.89. The Morgan fingerprint density at radius 2 is 1.96 bits per heavy atom. The van der Waals surface area contributed by atoms with E-state index in [0.29, 0.717) is 23.0 Å². The fraction of sp³-hybridized carbons (Fsp3) is 0.211. The third-order valence-electron chi connectivity index (χ3n) is 3.44. The quantitative estimate of drug-likeness (QED) is 0.509. The molecule has 27 heavy (non-hydrogen) atoms. The van der Waals surface area contributed by atoms with Crippen molar-refractivity contribution in [1.82, 2.24) is 5.32 Å². The number of rotatable bonds is 9. The van der Waals surface area contributed by atoms with Gasteiger partial charge in [-0.3, -0.25) is 9.59 Å². The highest BCUT2D eigenvalue weighted by Crippen LogP contribution is 2.27. The number of ether oxygens (including phenoxy) is 1. The lowest BCUT2D eigenvalue weighted by molar-refractivity contribution is -0.125. The summed E-state index contributed by atoms with van der Waals surface area (Å²) in [6.07, 6.45) is 1.65. The van der Waals surface area contributed by atoms with E-state index in [-0.39, 0.29) is 12.5 Å². The van der Waals surface area contributed by atoms with E-state index in [1.807, 2.05) is 30.3 Å². The lowest BCUT2D eigenvalue weighted by atomic mass is 10.1. The molecule has 8 heteroatoms. The van der Waals surface area contributed by atoms with Crippen LogP contribution in [0.4, 0.5) is 5.69 Å². The summed E-state index contributed by atoms with van der Waals surface area (Å²) in [6.45, 7) is 0.212. The van der Waals surface area contributed by atoms with Gasteiger partial charge in [-0.2, -0.15) is 0 Å². The summed E-state index contributed by atoms with van der Waals surface area (Å²) in [6, 6.07) is 14.6. The van der Waals surface area contributed by atoms with Crippen molar-refractivity contribution >= 4 is 35.3 Å². The number of carbonyl (C=O) groups excluding carboxylic acids is 2. The average molecular weight is 390 g/mol. The maximum Gasteiger partial charge on any atom is 0.270 e. The van der Waals surface area contributed by atoms with Gasteiger partial charge in [0, 0.05) is 11.6 Å². The highest BCUT2D eigenvalue weighted by Gasteiger charge is 2.07. The molecule has 0 fully saturated rings. The monoisotopic (exact) mass is 389 g/mol. The molecule has 0 aliphatic carbocycles. The van der Waals surface area contributed by atoms with Crippen molar-refractivity contribution in [1.29, 1.82) is 0 Å². The predicted molar refractivity (Wildman–Crippen MR) is 104 cm³/mol. The first-order valence-electron chi connectivity index (χ1n) is 8.19. The topological polar surface area (TPSA) is 89.0 Å². The van der Waals surface area contributed by atoms with Crippen molar-refractivity contribution in [3.8, 4) is 5.75 Å². The molecule has 0 spiro atoms. The number of anilines is 1. The van der Waals surface area contributed by atoms with Crippen LogP contribution in [-0.2, 0) is 20.8 Å². The summed E-state index contributed by atoms with van der Waals surface area (Å²) < 4.78 is 5.13. The van der Waals surface area contributed by atoms with Crippen molar-refractivity contribution in [3.63, 3.8) is 0 Å². The zero-order chi connectivity index (χ0) is 19.5. The standard InChI is InChI=1S/C19H20ClN3O4/c1-26-17-8-7-15(20)11-16(17)23-18(24)12-22-27-13-19(25)21-10-9-14-5-3-2-4-6-14/h2-8,11-12H,9-10,13H2,1H3,(H,21,25)(H,23,24)/b22-12-. The number of hydrogen-bond acceptors (Lipinski definition) is 5. The van der Waals surface area contributed by atoms with Crippen LogP contribution in [0, 0.1) is 0 Å². The average Bonchev–Trinajstić information content (AvgIpc) is 2.66. The molecule has 0 saturated carbocycles. The molecule has 0 bridgehead atoms. The van der Waals surface area contributed by atoms with Gasteiger partial charge in [0.05, 0.1) is 12.8 Å². The Bertz CT molecular complexity index is 797. The predicted octanol–water partition coefficient (Wildman–Crippen LogP) is 2.65. The number of methoxy groups -OCH3 is 1. The second-order valence-electron chi connectivity index (χ2n) is 5.43. The number of hydrogen-bond donors (Lipinski definition) is 2. The molecule has 2 N–H and O–H groups in total. The Morgan fingerprint density at radius 3 is 2.70 bits per heavy atom. The summed E-state index contributed by atoms with van der Waals surface area (Å²) in [5, 5.41) is 9.21. The van der Waals surface area contributed by atoms with Gasteiger partial charge in [0.25, 0.3) is 11.8 Å². The molecule has 0 saturated heterocycles. The number of carbonyl (C=O) groups is 2. The molecule has 0 atom stereocenters. The van der Waals surface area contributed by atoms with Gasteiger partial charge in [-0.05, 0) is 30.2 Å². The Kier molecular flexibility index (Phi) is 8.12. The van der Waals surface area contributed by atoms with E-state index >= 15 is 0 Å². The van der Waals surface area contributed by atoms with Crippen molar-refractivity contribution in [2.24, 2.45) is 5.16 Å². The third kappa shape index (κ3) is 7.37. The van der Waals surface area contributed by atoms with Gasteiger partial charge in [0.1, 0.15) is 12.0 Å². The van der Waals surface area contributed by atoms with E-state index < -0.39 is 5.91 Å². The van der Waals surface area contributed by atoms with Gasteiger partial charge in [-0.1, -0.05) is 47.1 Å². The zero-order valence-corrected chi connectivity index (χ0v) is 15.5. The highest BCUT2D eigenvalue weighted by molar-refractivity contribution is 6.33. The molecule has 2 amide bonds. The SMILES string of the molecule is COc1ccc(Cl)cc1NC(=O)/C=N\OCC(=O)NCCc1ccccc1. The van der Waals surface area contributed by atoms with Gasteiger partial charge in [0.15, 0.2) is 6.61 Å². The minimum atomic E-state index is -0.542. The summed E-state index contributed by atoms with van der Waals surface area (Å²) in [4.78, 5) is 28.3. The normalized spacial score (nSPS) is 10.4. The number of nitrogens with one attached hydrogen (secondary N) is 2. The van der Waals surface area contributed by atoms with E-state index in [1.54, 1.807) is 18.2 Å². The molecule has 0 heterocycles. The Labute approximate surface area is 162 Å². The number of amides is 2. The van der Waals surface area contributed by atoms with Crippen molar-refractivity contribution in [2.45, 2.75) is 6.42 Å². The maximum atomic E-state index is 11.8.